The largest absolute Gasteiger partial charge is 0.497 e. The van der Waals surface area contributed by atoms with E-state index in [1.165, 1.54) is 11.1 Å². The summed E-state index contributed by atoms with van der Waals surface area (Å²) in [5, 5.41) is 10.7. The van der Waals surface area contributed by atoms with Crippen LogP contribution in [-0.2, 0) is 13.1 Å². The lowest BCUT2D eigenvalue weighted by atomic mass is 10.1. The third kappa shape index (κ3) is 3.35. The van der Waals surface area contributed by atoms with Crippen LogP contribution in [0.3, 0.4) is 0 Å². The van der Waals surface area contributed by atoms with E-state index < -0.39 is 0 Å². The third-order valence-electron chi connectivity index (χ3n) is 3.58. The minimum absolute atomic E-state index is 0.771. The smallest absolute Gasteiger partial charge is 0.118 e. The van der Waals surface area contributed by atoms with E-state index in [9.17, 15) is 0 Å². The van der Waals surface area contributed by atoms with Gasteiger partial charge in [-0.15, -0.1) is 0 Å². The SMILES string of the molecule is COc1ccc(CNCc2cn[nH]c2-c2ccccc2)cc1. The summed E-state index contributed by atoms with van der Waals surface area (Å²) in [6.07, 6.45) is 1.88. The van der Waals surface area contributed by atoms with Crippen molar-refractivity contribution in [2.45, 2.75) is 13.1 Å². The lowest BCUT2D eigenvalue weighted by Gasteiger charge is -2.07. The number of nitrogens with zero attached hydrogens (tertiary/aromatic N) is 1. The fourth-order valence-electron chi connectivity index (χ4n) is 2.38. The highest BCUT2D eigenvalue weighted by Crippen LogP contribution is 2.20. The van der Waals surface area contributed by atoms with Gasteiger partial charge < -0.3 is 10.1 Å². The van der Waals surface area contributed by atoms with Crippen molar-refractivity contribution >= 4 is 0 Å². The van der Waals surface area contributed by atoms with Gasteiger partial charge in [0.2, 0.25) is 0 Å². The van der Waals surface area contributed by atoms with E-state index in [0.29, 0.717) is 0 Å². The maximum atomic E-state index is 5.16. The summed E-state index contributed by atoms with van der Waals surface area (Å²) in [5.41, 5.74) is 4.62. The second-order valence-electron chi connectivity index (χ2n) is 5.09. The second-order valence-corrected chi connectivity index (χ2v) is 5.09. The molecule has 0 aliphatic rings. The van der Waals surface area contributed by atoms with Crippen LogP contribution in [0.4, 0.5) is 0 Å². The minimum atomic E-state index is 0.771. The summed E-state index contributed by atoms with van der Waals surface area (Å²) in [5.74, 6) is 0.880. The standard InChI is InChI=1S/C18H19N3O/c1-22-17-9-7-14(8-10-17)11-19-12-16-13-20-21-18(16)15-5-3-2-4-6-15/h2-10,13,19H,11-12H2,1H3,(H,20,21). The Balaban J connectivity index is 1.61. The van der Waals surface area contributed by atoms with E-state index >= 15 is 0 Å². The fourth-order valence-corrected chi connectivity index (χ4v) is 2.38. The van der Waals surface area contributed by atoms with E-state index in [-0.39, 0.29) is 0 Å². The van der Waals surface area contributed by atoms with Crippen LogP contribution in [0.15, 0.2) is 60.8 Å². The van der Waals surface area contributed by atoms with Crippen LogP contribution in [0.5, 0.6) is 5.75 Å². The molecule has 0 radical (unpaired) electrons. The Kier molecular flexibility index (Phi) is 4.51. The minimum Gasteiger partial charge on any atom is -0.497 e. The fraction of sp³-hybridized carbons (Fsp3) is 0.167. The summed E-state index contributed by atoms with van der Waals surface area (Å²) in [4.78, 5) is 0. The van der Waals surface area contributed by atoms with Gasteiger partial charge in [0.15, 0.2) is 0 Å². The van der Waals surface area contributed by atoms with E-state index in [4.69, 9.17) is 4.74 Å². The molecule has 1 heterocycles. The molecular weight excluding hydrogens is 274 g/mol. The molecule has 0 unspecified atom stereocenters. The summed E-state index contributed by atoms with van der Waals surface area (Å²) in [7, 11) is 1.68. The molecule has 4 nitrogen and oxygen atoms in total. The molecule has 1 aromatic heterocycles. The average molecular weight is 293 g/mol. The Morgan fingerprint density at radius 1 is 1.00 bits per heavy atom. The second kappa shape index (κ2) is 6.91. The van der Waals surface area contributed by atoms with Crippen LogP contribution < -0.4 is 10.1 Å². The van der Waals surface area contributed by atoms with Crippen molar-refractivity contribution in [1.82, 2.24) is 15.5 Å². The van der Waals surface area contributed by atoms with Crippen molar-refractivity contribution in [3.05, 3.63) is 71.9 Å². The summed E-state index contributed by atoms with van der Waals surface area (Å²) < 4.78 is 5.16. The molecule has 0 aliphatic carbocycles. The molecule has 0 fully saturated rings. The van der Waals surface area contributed by atoms with E-state index in [2.05, 4.69) is 39.8 Å². The Bertz CT molecular complexity index is 705. The van der Waals surface area contributed by atoms with Crippen molar-refractivity contribution in [3.8, 4) is 17.0 Å². The average Bonchev–Trinajstić information content (AvgIpc) is 3.05. The molecule has 0 spiro atoms. The van der Waals surface area contributed by atoms with Gasteiger partial charge in [-0.05, 0) is 23.3 Å². The number of aromatic amines is 1. The van der Waals surface area contributed by atoms with Crippen molar-refractivity contribution in [2.75, 3.05) is 7.11 Å². The van der Waals surface area contributed by atoms with Crippen LogP contribution in [0.2, 0.25) is 0 Å². The van der Waals surface area contributed by atoms with Crippen molar-refractivity contribution in [2.24, 2.45) is 0 Å². The first-order valence-corrected chi connectivity index (χ1v) is 7.28. The van der Waals surface area contributed by atoms with Crippen LogP contribution >= 0.6 is 0 Å². The number of nitrogens with one attached hydrogen (secondary N) is 2. The zero-order valence-corrected chi connectivity index (χ0v) is 12.5. The van der Waals surface area contributed by atoms with Gasteiger partial charge in [0.05, 0.1) is 19.0 Å². The molecule has 0 atom stereocenters. The highest BCUT2D eigenvalue weighted by molar-refractivity contribution is 5.62. The number of rotatable bonds is 6. The number of H-pyrrole nitrogens is 1. The van der Waals surface area contributed by atoms with Crippen LogP contribution in [0.1, 0.15) is 11.1 Å². The third-order valence-corrected chi connectivity index (χ3v) is 3.58. The highest BCUT2D eigenvalue weighted by atomic mass is 16.5. The molecule has 4 heteroatoms. The van der Waals surface area contributed by atoms with Gasteiger partial charge in [0.25, 0.3) is 0 Å². The first-order chi connectivity index (χ1) is 10.9. The maximum Gasteiger partial charge on any atom is 0.118 e. The number of methoxy groups -OCH3 is 1. The lowest BCUT2D eigenvalue weighted by molar-refractivity contribution is 0.414. The van der Waals surface area contributed by atoms with Gasteiger partial charge in [-0.25, -0.2) is 0 Å². The highest BCUT2D eigenvalue weighted by Gasteiger charge is 2.06. The van der Waals surface area contributed by atoms with Crippen molar-refractivity contribution in [1.29, 1.82) is 0 Å². The van der Waals surface area contributed by atoms with Gasteiger partial charge in [0.1, 0.15) is 5.75 Å². The molecule has 0 saturated carbocycles. The predicted molar refractivity (Wildman–Crippen MR) is 87.6 cm³/mol. The van der Waals surface area contributed by atoms with Crippen LogP contribution in [0, 0.1) is 0 Å². The number of hydrogen-bond donors (Lipinski definition) is 2. The zero-order chi connectivity index (χ0) is 15.2. The normalized spacial score (nSPS) is 10.6. The molecule has 3 aromatic rings. The molecule has 112 valence electrons. The monoisotopic (exact) mass is 293 g/mol. The van der Waals surface area contributed by atoms with Gasteiger partial charge in [-0.2, -0.15) is 5.10 Å². The number of benzene rings is 2. The predicted octanol–water partition coefficient (Wildman–Crippen LogP) is 3.38. The Morgan fingerprint density at radius 2 is 1.77 bits per heavy atom. The summed E-state index contributed by atoms with van der Waals surface area (Å²) in [6.45, 7) is 1.58. The van der Waals surface area contributed by atoms with Gasteiger partial charge in [-0.1, -0.05) is 42.5 Å². The summed E-state index contributed by atoms with van der Waals surface area (Å²) >= 11 is 0. The molecular formula is C18H19N3O. The lowest BCUT2D eigenvalue weighted by Crippen LogP contribution is -2.12. The van der Waals surface area contributed by atoms with E-state index in [1.807, 2.05) is 36.5 Å². The quantitative estimate of drug-likeness (QED) is 0.732. The van der Waals surface area contributed by atoms with E-state index in [1.54, 1.807) is 7.11 Å². The van der Waals surface area contributed by atoms with Crippen molar-refractivity contribution < 1.29 is 4.74 Å². The first kappa shape index (κ1) is 14.4. The molecule has 0 bridgehead atoms. The number of hydrogen-bond acceptors (Lipinski definition) is 3. The maximum absolute atomic E-state index is 5.16. The van der Waals surface area contributed by atoms with Gasteiger partial charge >= 0.3 is 0 Å². The molecule has 0 aliphatic heterocycles. The molecule has 22 heavy (non-hydrogen) atoms. The van der Waals surface area contributed by atoms with Gasteiger partial charge in [-0.3, -0.25) is 5.10 Å². The Morgan fingerprint density at radius 3 is 2.50 bits per heavy atom. The zero-order valence-electron chi connectivity index (χ0n) is 12.5. The molecule has 0 saturated heterocycles. The van der Waals surface area contributed by atoms with Crippen LogP contribution in [-0.4, -0.2) is 17.3 Å². The van der Waals surface area contributed by atoms with E-state index in [0.717, 1.165) is 30.1 Å². The number of ether oxygens (including phenoxy) is 1. The number of aromatic nitrogens is 2. The Hall–Kier alpha value is -2.59. The topological polar surface area (TPSA) is 49.9 Å². The molecule has 3 rings (SSSR count). The molecule has 2 aromatic carbocycles. The molecule has 0 amide bonds. The Labute approximate surface area is 130 Å². The van der Waals surface area contributed by atoms with Crippen molar-refractivity contribution in [3.63, 3.8) is 0 Å². The van der Waals surface area contributed by atoms with Gasteiger partial charge in [0, 0.05) is 18.7 Å². The van der Waals surface area contributed by atoms with Crippen LogP contribution in [0.25, 0.3) is 11.3 Å². The summed E-state index contributed by atoms with van der Waals surface area (Å²) in [6, 6.07) is 18.3. The molecule has 2 N–H and O–H groups in total. The first-order valence-electron chi connectivity index (χ1n) is 7.28.